The average Bonchev–Trinajstić information content (AvgIpc) is 2.95. The first-order valence-electron chi connectivity index (χ1n) is 6.72. The molecule has 0 saturated heterocycles. The largest absolute Gasteiger partial charge is 0.326 e. The summed E-state index contributed by atoms with van der Waals surface area (Å²) in [5, 5.41) is 0. The van der Waals surface area contributed by atoms with Crippen molar-refractivity contribution >= 4 is 22.6 Å². The van der Waals surface area contributed by atoms with Crippen molar-refractivity contribution in [3.8, 4) is 0 Å². The third kappa shape index (κ3) is 2.03. The first-order valence-corrected chi connectivity index (χ1v) is 7.25. The van der Waals surface area contributed by atoms with Gasteiger partial charge in [-0.05, 0) is 30.4 Å². The van der Waals surface area contributed by atoms with Crippen LogP contribution in [0.4, 0.5) is 0 Å². The van der Waals surface area contributed by atoms with E-state index in [4.69, 9.17) is 11.6 Å². The first-order chi connectivity index (χ1) is 8.72. The Labute approximate surface area is 113 Å². The lowest BCUT2D eigenvalue weighted by Crippen LogP contribution is -2.20. The molecular formula is C15H19ClN2. The third-order valence-corrected chi connectivity index (χ3v) is 4.44. The Hall–Kier alpha value is -1.02. The number of rotatable bonds is 3. The lowest BCUT2D eigenvalue weighted by Gasteiger charge is -2.25. The van der Waals surface area contributed by atoms with Crippen molar-refractivity contribution in [2.75, 3.05) is 0 Å². The van der Waals surface area contributed by atoms with Crippen LogP contribution in [-0.2, 0) is 12.4 Å². The van der Waals surface area contributed by atoms with Crippen LogP contribution in [0.25, 0.3) is 11.0 Å². The molecule has 0 atom stereocenters. The monoisotopic (exact) mass is 262 g/mol. The number of imidazole rings is 1. The Morgan fingerprint density at radius 3 is 2.72 bits per heavy atom. The van der Waals surface area contributed by atoms with Crippen molar-refractivity contribution in [1.29, 1.82) is 0 Å². The van der Waals surface area contributed by atoms with Gasteiger partial charge in [0.25, 0.3) is 0 Å². The third-order valence-electron chi connectivity index (χ3n) is 4.20. The summed E-state index contributed by atoms with van der Waals surface area (Å²) in [6.07, 6.45) is 5.36. The molecule has 3 heteroatoms. The first kappa shape index (κ1) is 12.0. The van der Waals surface area contributed by atoms with Gasteiger partial charge >= 0.3 is 0 Å². The van der Waals surface area contributed by atoms with E-state index in [0.717, 1.165) is 17.9 Å². The van der Waals surface area contributed by atoms with E-state index in [2.05, 4.69) is 34.7 Å². The Kier molecular flexibility index (Phi) is 3.06. The molecule has 0 unspecified atom stereocenters. The van der Waals surface area contributed by atoms with E-state index in [0.29, 0.717) is 11.3 Å². The highest BCUT2D eigenvalue weighted by molar-refractivity contribution is 6.16. The second-order valence-corrected chi connectivity index (χ2v) is 6.02. The van der Waals surface area contributed by atoms with Crippen LogP contribution in [0.15, 0.2) is 24.3 Å². The van der Waals surface area contributed by atoms with Gasteiger partial charge in [0, 0.05) is 6.54 Å². The van der Waals surface area contributed by atoms with Crippen LogP contribution in [0, 0.1) is 5.41 Å². The minimum Gasteiger partial charge on any atom is -0.326 e. The van der Waals surface area contributed by atoms with Crippen LogP contribution in [0.3, 0.4) is 0 Å². The molecule has 2 nitrogen and oxygen atoms in total. The lowest BCUT2D eigenvalue weighted by molar-refractivity contribution is 0.282. The number of hydrogen-bond donors (Lipinski definition) is 0. The van der Waals surface area contributed by atoms with E-state index in [9.17, 15) is 0 Å². The quantitative estimate of drug-likeness (QED) is 0.752. The molecule has 1 fully saturated rings. The summed E-state index contributed by atoms with van der Waals surface area (Å²) in [4.78, 5) is 4.64. The Balaban J connectivity index is 2.04. The number of aromatic nitrogens is 2. The topological polar surface area (TPSA) is 17.8 Å². The van der Waals surface area contributed by atoms with Crippen LogP contribution in [0.1, 0.15) is 38.4 Å². The van der Waals surface area contributed by atoms with Gasteiger partial charge in [-0.3, -0.25) is 0 Å². The van der Waals surface area contributed by atoms with Crippen molar-refractivity contribution in [3.63, 3.8) is 0 Å². The van der Waals surface area contributed by atoms with E-state index >= 15 is 0 Å². The van der Waals surface area contributed by atoms with Gasteiger partial charge in [-0.25, -0.2) is 4.98 Å². The molecule has 3 rings (SSSR count). The summed E-state index contributed by atoms with van der Waals surface area (Å²) < 4.78 is 2.33. The standard InChI is InChI=1S/C15H19ClN2/c1-15(8-4-5-9-15)11-18-13-7-3-2-6-12(13)17-14(18)10-16/h2-3,6-7H,4-5,8-11H2,1H3. The number of nitrogens with zero attached hydrogens (tertiary/aromatic N) is 2. The molecule has 96 valence electrons. The van der Waals surface area contributed by atoms with E-state index in [1.54, 1.807) is 0 Å². The van der Waals surface area contributed by atoms with Gasteiger partial charge in [-0.2, -0.15) is 0 Å². The second-order valence-electron chi connectivity index (χ2n) is 5.75. The van der Waals surface area contributed by atoms with Crippen LogP contribution < -0.4 is 0 Å². The highest BCUT2D eigenvalue weighted by Crippen LogP contribution is 2.40. The van der Waals surface area contributed by atoms with Crippen molar-refractivity contribution in [1.82, 2.24) is 9.55 Å². The van der Waals surface area contributed by atoms with E-state index in [1.807, 2.05) is 6.07 Å². The normalized spacial score (nSPS) is 18.6. The lowest BCUT2D eigenvalue weighted by atomic mass is 9.89. The van der Waals surface area contributed by atoms with Gasteiger partial charge in [0.15, 0.2) is 0 Å². The highest BCUT2D eigenvalue weighted by atomic mass is 35.5. The van der Waals surface area contributed by atoms with Gasteiger partial charge in [0.05, 0.1) is 16.9 Å². The molecule has 0 radical (unpaired) electrons. The fourth-order valence-electron chi connectivity index (χ4n) is 3.17. The van der Waals surface area contributed by atoms with Crippen LogP contribution in [0.5, 0.6) is 0 Å². The number of alkyl halides is 1. The maximum absolute atomic E-state index is 6.05. The molecule has 2 aromatic rings. The summed E-state index contributed by atoms with van der Waals surface area (Å²) in [6.45, 7) is 3.45. The maximum Gasteiger partial charge on any atom is 0.124 e. The Morgan fingerprint density at radius 1 is 1.28 bits per heavy atom. The van der Waals surface area contributed by atoms with Crippen molar-refractivity contribution in [3.05, 3.63) is 30.1 Å². The number of halogens is 1. The van der Waals surface area contributed by atoms with Crippen LogP contribution >= 0.6 is 11.6 Å². The van der Waals surface area contributed by atoms with Gasteiger partial charge in [0.2, 0.25) is 0 Å². The molecule has 0 aliphatic heterocycles. The highest BCUT2D eigenvalue weighted by Gasteiger charge is 2.30. The summed E-state index contributed by atoms with van der Waals surface area (Å²) in [5.74, 6) is 1.50. The fraction of sp³-hybridized carbons (Fsp3) is 0.533. The molecule has 0 N–H and O–H groups in total. The van der Waals surface area contributed by atoms with Crippen LogP contribution in [0.2, 0.25) is 0 Å². The summed E-state index contributed by atoms with van der Waals surface area (Å²) >= 11 is 6.05. The fourth-order valence-corrected chi connectivity index (χ4v) is 3.38. The molecule has 0 spiro atoms. The zero-order valence-corrected chi connectivity index (χ0v) is 11.6. The molecule has 1 heterocycles. The minimum atomic E-state index is 0.421. The SMILES string of the molecule is CC1(Cn2c(CCl)nc3ccccc32)CCCC1. The van der Waals surface area contributed by atoms with Crippen molar-refractivity contribution in [2.45, 2.75) is 45.0 Å². The molecule has 18 heavy (non-hydrogen) atoms. The zero-order valence-electron chi connectivity index (χ0n) is 10.8. The van der Waals surface area contributed by atoms with Crippen molar-refractivity contribution in [2.24, 2.45) is 5.41 Å². The molecular weight excluding hydrogens is 244 g/mol. The summed E-state index contributed by atoms with van der Waals surface area (Å²) in [7, 11) is 0. The van der Waals surface area contributed by atoms with Gasteiger partial charge in [-0.15, -0.1) is 11.6 Å². The summed E-state index contributed by atoms with van der Waals surface area (Å²) in [6, 6.07) is 8.33. The van der Waals surface area contributed by atoms with Gasteiger partial charge in [-0.1, -0.05) is 31.9 Å². The summed E-state index contributed by atoms with van der Waals surface area (Å²) in [5.41, 5.74) is 2.71. The van der Waals surface area contributed by atoms with E-state index in [1.165, 1.54) is 31.2 Å². The smallest absolute Gasteiger partial charge is 0.124 e. The van der Waals surface area contributed by atoms with E-state index in [-0.39, 0.29) is 0 Å². The Morgan fingerprint density at radius 2 is 2.00 bits per heavy atom. The predicted molar refractivity (Wildman–Crippen MR) is 75.9 cm³/mol. The average molecular weight is 263 g/mol. The zero-order chi connectivity index (χ0) is 12.6. The van der Waals surface area contributed by atoms with Gasteiger partial charge < -0.3 is 4.57 Å². The molecule has 1 aliphatic carbocycles. The molecule has 1 saturated carbocycles. The minimum absolute atomic E-state index is 0.421. The molecule has 0 amide bonds. The predicted octanol–water partition coefficient (Wildman–Crippen LogP) is 4.36. The second kappa shape index (κ2) is 4.58. The van der Waals surface area contributed by atoms with Crippen molar-refractivity contribution < 1.29 is 0 Å². The van der Waals surface area contributed by atoms with Gasteiger partial charge in [0.1, 0.15) is 5.82 Å². The maximum atomic E-state index is 6.05. The molecule has 1 aromatic carbocycles. The van der Waals surface area contributed by atoms with Crippen LogP contribution in [-0.4, -0.2) is 9.55 Å². The number of para-hydroxylation sites is 2. The number of fused-ring (bicyclic) bond motifs is 1. The molecule has 0 bridgehead atoms. The molecule has 1 aromatic heterocycles. The number of hydrogen-bond acceptors (Lipinski definition) is 1. The molecule has 1 aliphatic rings. The van der Waals surface area contributed by atoms with E-state index < -0.39 is 0 Å². The number of benzene rings is 1. The Bertz CT molecular complexity index is 553.